The number of Topliss-reactive ketones (excluding diaryl/α,β-unsaturated/α-hetero) is 1. The van der Waals surface area contributed by atoms with E-state index in [2.05, 4.69) is 24.1 Å². The summed E-state index contributed by atoms with van der Waals surface area (Å²) in [5, 5.41) is 19.6. The highest BCUT2D eigenvalue weighted by Crippen LogP contribution is 2.36. The van der Waals surface area contributed by atoms with Crippen molar-refractivity contribution in [2.45, 2.75) is 38.2 Å². The second-order valence-corrected chi connectivity index (χ2v) is 7.77. The third kappa shape index (κ3) is 3.68. The molecule has 7 heteroatoms. The van der Waals surface area contributed by atoms with Gasteiger partial charge in [0, 0.05) is 31.7 Å². The van der Waals surface area contributed by atoms with Crippen LogP contribution in [-0.4, -0.2) is 40.9 Å². The lowest BCUT2D eigenvalue weighted by atomic mass is 9.64. The third-order valence-corrected chi connectivity index (χ3v) is 5.49. The molecule has 6 nitrogen and oxygen atoms in total. The molecule has 2 aliphatic rings. The van der Waals surface area contributed by atoms with Crippen LogP contribution in [0.5, 0.6) is 5.75 Å². The van der Waals surface area contributed by atoms with Crippen molar-refractivity contribution >= 4 is 18.9 Å². The van der Waals surface area contributed by atoms with Gasteiger partial charge in [-0.1, -0.05) is 30.3 Å². The average molecular weight is 379 g/mol. The number of aromatic carboxylic acids is 1. The van der Waals surface area contributed by atoms with Crippen molar-refractivity contribution in [3.63, 3.8) is 0 Å². The number of benzene rings is 2. The summed E-state index contributed by atoms with van der Waals surface area (Å²) in [6, 6.07) is 11.1. The molecule has 0 saturated heterocycles. The number of fused-ring (bicyclic) bond motifs is 2. The second kappa shape index (κ2) is 7.41. The minimum atomic E-state index is -1.19. The Balaban J connectivity index is 1.43. The smallest absolute Gasteiger partial charge is 0.526 e. The van der Waals surface area contributed by atoms with Crippen molar-refractivity contribution in [2.24, 2.45) is 0 Å². The van der Waals surface area contributed by atoms with E-state index in [1.54, 1.807) is 12.1 Å². The summed E-state index contributed by atoms with van der Waals surface area (Å²) in [6.45, 7) is 1.84. The van der Waals surface area contributed by atoms with Crippen molar-refractivity contribution in [2.75, 3.05) is 7.05 Å². The topological polar surface area (TPSA) is 87.1 Å². The fourth-order valence-corrected chi connectivity index (χ4v) is 4.15. The Morgan fingerprint density at radius 1 is 1.18 bits per heavy atom. The van der Waals surface area contributed by atoms with Crippen LogP contribution in [0.4, 0.5) is 0 Å². The van der Waals surface area contributed by atoms with E-state index < -0.39 is 13.1 Å². The number of nitrogens with zero attached hydrogens (tertiary/aromatic N) is 1. The van der Waals surface area contributed by atoms with Gasteiger partial charge >= 0.3 is 13.1 Å². The zero-order valence-electron chi connectivity index (χ0n) is 15.7. The molecule has 0 aromatic heterocycles. The van der Waals surface area contributed by atoms with Gasteiger partial charge < -0.3 is 14.8 Å². The van der Waals surface area contributed by atoms with Crippen molar-refractivity contribution in [1.82, 2.24) is 4.90 Å². The number of para-hydroxylation sites is 1. The molecule has 4 rings (SSSR count). The SMILES string of the molecule is CN1Cc2ccc(CC(=O)C[C@H]3Cc4cccc(C(=O)O)c4OB3O)cc2C1. The molecule has 2 heterocycles. The van der Waals surface area contributed by atoms with Gasteiger partial charge in [-0.3, -0.25) is 9.69 Å². The molecule has 2 aromatic rings. The van der Waals surface area contributed by atoms with Gasteiger partial charge in [-0.05, 0) is 41.8 Å². The summed E-state index contributed by atoms with van der Waals surface area (Å²) in [5.41, 5.74) is 4.30. The Morgan fingerprint density at radius 3 is 2.75 bits per heavy atom. The van der Waals surface area contributed by atoms with Crippen LogP contribution < -0.4 is 4.65 Å². The minimum Gasteiger partial charge on any atom is -0.535 e. The van der Waals surface area contributed by atoms with E-state index in [1.807, 2.05) is 6.07 Å². The van der Waals surface area contributed by atoms with Gasteiger partial charge in [0.15, 0.2) is 0 Å². The molecule has 2 aliphatic heterocycles. The molecule has 0 unspecified atom stereocenters. The maximum absolute atomic E-state index is 12.6. The zero-order chi connectivity index (χ0) is 19.8. The molecule has 2 N–H and O–H groups in total. The van der Waals surface area contributed by atoms with Crippen LogP contribution in [-0.2, 0) is 30.7 Å². The Labute approximate surface area is 163 Å². The normalized spacial score (nSPS) is 18.4. The molecule has 0 radical (unpaired) electrons. The largest absolute Gasteiger partial charge is 0.535 e. The Morgan fingerprint density at radius 2 is 1.96 bits per heavy atom. The monoisotopic (exact) mass is 379 g/mol. The van der Waals surface area contributed by atoms with Gasteiger partial charge in [0.25, 0.3) is 0 Å². The standard InChI is InChI=1S/C21H22BNO5/c1-23-11-15-6-5-13(7-16(15)12-23)8-18(24)10-17-9-14-3-2-4-19(21(25)26)20(14)28-22(17)27/h2-7,17,27H,8-12H2,1H3,(H,25,26)/t17-/m1/s1. The van der Waals surface area contributed by atoms with Crippen molar-refractivity contribution in [3.8, 4) is 5.75 Å². The van der Waals surface area contributed by atoms with Gasteiger partial charge in [-0.25, -0.2) is 4.79 Å². The van der Waals surface area contributed by atoms with E-state index >= 15 is 0 Å². The van der Waals surface area contributed by atoms with Crippen LogP contribution in [0.3, 0.4) is 0 Å². The van der Waals surface area contributed by atoms with Crippen LogP contribution in [0, 0.1) is 0 Å². The minimum absolute atomic E-state index is 0.0319. The number of carboxylic acids is 1. The highest BCUT2D eigenvalue weighted by molar-refractivity contribution is 6.47. The number of carbonyl (C=O) groups excluding carboxylic acids is 1. The lowest BCUT2D eigenvalue weighted by Crippen LogP contribution is -2.36. The highest BCUT2D eigenvalue weighted by Gasteiger charge is 2.37. The molecular weight excluding hydrogens is 357 g/mol. The fraction of sp³-hybridized carbons (Fsp3) is 0.333. The fourth-order valence-electron chi connectivity index (χ4n) is 4.15. The zero-order valence-corrected chi connectivity index (χ0v) is 15.7. The first-order valence-electron chi connectivity index (χ1n) is 9.41. The maximum atomic E-state index is 12.6. The van der Waals surface area contributed by atoms with Crippen LogP contribution in [0.25, 0.3) is 0 Å². The number of carboxylic acid groups (broad SMARTS) is 1. The van der Waals surface area contributed by atoms with Gasteiger partial charge in [-0.15, -0.1) is 0 Å². The lowest BCUT2D eigenvalue weighted by Gasteiger charge is -2.28. The predicted octanol–water partition coefficient (Wildman–Crippen LogP) is 2.32. The first kappa shape index (κ1) is 18.7. The first-order valence-corrected chi connectivity index (χ1v) is 9.41. The van der Waals surface area contributed by atoms with Gasteiger partial charge in [-0.2, -0.15) is 0 Å². The summed E-state index contributed by atoms with van der Waals surface area (Å²) < 4.78 is 5.48. The molecule has 2 aromatic carbocycles. The highest BCUT2D eigenvalue weighted by atomic mass is 16.5. The second-order valence-electron chi connectivity index (χ2n) is 7.77. The Hall–Kier alpha value is -2.64. The summed E-state index contributed by atoms with van der Waals surface area (Å²) in [4.78, 5) is 26.2. The van der Waals surface area contributed by atoms with Gasteiger partial charge in [0.05, 0.1) is 5.56 Å². The van der Waals surface area contributed by atoms with Crippen LogP contribution in [0.1, 0.15) is 39.0 Å². The van der Waals surface area contributed by atoms with E-state index in [0.29, 0.717) is 18.4 Å². The third-order valence-electron chi connectivity index (χ3n) is 5.49. The van der Waals surface area contributed by atoms with Crippen molar-refractivity contribution in [3.05, 3.63) is 64.2 Å². The molecule has 144 valence electrons. The van der Waals surface area contributed by atoms with Crippen LogP contribution in [0.2, 0.25) is 5.82 Å². The number of hydrogen-bond acceptors (Lipinski definition) is 5. The van der Waals surface area contributed by atoms with E-state index in [4.69, 9.17) is 4.65 Å². The van der Waals surface area contributed by atoms with E-state index in [9.17, 15) is 19.7 Å². The number of carbonyl (C=O) groups is 2. The van der Waals surface area contributed by atoms with E-state index in [1.165, 1.54) is 17.2 Å². The van der Waals surface area contributed by atoms with Gasteiger partial charge in [0.2, 0.25) is 0 Å². The van der Waals surface area contributed by atoms with Crippen molar-refractivity contribution < 1.29 is 24.4 Å². The summed E-state index contributed by atoms with van der Waals surface area (Å²) in [5.74, 6) is -1.24. The molecule has 0 amide bonds. The average Bonchev–Trinajstić information content (AvgIpc) is 3.01. The molecular formula is C21H22BNO5. The number of ketones is 1. The number of hydrogen-bond donors (Lipinski definition) is 2. The Kier molecular flexibility index (Phi) is 4.95. The number of rotatable bonds is 5. The molecule has 0 aliphatic carbocycles. The first-order chi connectivity index (χ1) is 13.4. The van der Waals surface area contributed by atoms with Gasteiger partial charge in [0.1, 0.15) is 11.5 Å². The quantitative estimate of drug-likeness (QED) is 0.776. The lowest BCUT2D eigenvalue weighted by molar-refractivity contribution is -0.118. The predicted molar refractivity (Wildman–Crippen MR) is 104 cm³/mol. The summed E-state index contributed by atoms with van der Waals surface area (Å²) >= 11 is 0. The molecule has 0 bridgehead atoms. The molecule has 0 saturated carbocycles. The molecule has 0 fully saturated rings. The molecule has 28 heavy (non-hydrogen) atoms. The van der Waals surface area contributed by atoms with E-state index in [0.717, 1.165) is 18.7 Å². The van der Waals surface area contributed by atoms with Crippen LogP contribution >= 0.6 is 0 Å². The summed E-state index contributed by atoms with van der Waals surface area (Å²) in [7, 11) is 0.883. The van der Waals surface area contributed by atoms with Crippen LogP contribution in [0.15, 0.2) is 36.4 Å². The maximum Gasteiger partial charge on any atom is 0.526 e. The van der Waals surface area contributed by atoms with Crippen molar-refractivity contribution in [1.29, 1.82) is 0 Å². The Bertz CT molecular complexity index is 944. The molecule has 1 atom stereocenters. The summed E-state index contributed by atoms with van der Waals surface area (Å²) in [6.07, 6.45) is 0.926. The van der Waals surface area contributed by atoms with E-state index in [-0.39, 0.29) is 29.3 Å². The molecule has 0 spiro atoms.